The van der Waals surface area contributed by atoms with Gasteiger partial charge >= 0.3 is 5.97 Å². The van der Waals surface area contributed by atoms with E-state index in [0.717, 1.165) is 38.8 Å². The van der Waals surface area contributed by atoms with Crippen molar-refractivity contribution >= 4 is 5.97 Å². The Bertz CT molecular complexity index is 308. The van der Waals surface area contributed by atoms with Crippen molar-refractivity contribution in [2.24, 2.45) is 0 Å². The van der Waals surface area contributed by atoms with Gasteiger partial charge < -0.3 is 5.11 Å². The van der Waals surface area contributed by atoms with E-state index in [2.05, 4.69) is 25.7 Å². The molecular formula is C24H49NO2. The normalized spacial score (nSPS) is 12.6. The molecule has 1 atom stereocenters. The van der Waals surface area contributed by atoms with E-state index in [1.54, 1.807) is 0 Å². The maximum Gasteiger partial charge on any atom is 0.320 e. The van der Waals surface area contributed by atoms with Crippen LogP contribution in [0, 0.1) is 0 Å². The van der Waals surface area contributed by atoms with Crippen LogP contribution in [0.2, 0.25) is 0 Å². The largest absolute Gasteiger partial charge is 0.480 e. The Hall–Kier alpha value is -0.570. The molecule has 0 saturated heterocycles. The number of aliphatic carboxylic acids is 1. The van der Waals surface area contributed by atoms with Crippen LogP contribution < -0.4 is 0 Å². The van der Waals surface area contributed by atoms with Crippen LogP contribution in [-0.2, 0) is 4.79 Å². The van der Waals surface area contributed by atoms with Gasteiger partial charge in [-0.3, -0.25) is 9.69 Å². The first-order chi connectivity index (χ1) is 13.2. The summed E-state index contributed by atoms with van der Waals surface area (Å²) in [7, 11) is 0. The first-order valence-corrected chi connectivity index (χ1v) is 12.1. The van der Waals surface area contributed by atoms with Gasteiger partial charge in [0.2, 0.25) is 0 Å². The minimum Gasteiger partial charge on any atom is -0.480 e. The summed E-state index contributed by atoms with van der Waals surface area (Å²) in [5.74, 6) is -0.607. The second-order valence-electron chi connectivity index (χ2n) is 8.27. The summed E-state index contributed by atoms with van der Waals surface area (Å²) in [6, 6.07) is -0.270. The van der Waals surface area contributed by atoms with E-state index < -0.39 is 5.97 Å². The van der Waals surface area contributed by atoms with Crippen LogP contribution in [0.1, 0.15) is 130 Å². The van der Waals surface area contributed by atoms with Gasteiger partial charge in [0.1, 0.15) is 6.04 Å². The summed E-state index contributed by atoms with van der Waals surface area (Å²) in [5, 5.41) is 9.81. The molecule has 0 aliphatic rings. The second kappa shape index (κ2) is 20.2. The third-order valence-electron chi connectivity index (χ3n) is 5.65. The molecule has 0 spiro atoms. The lowest BCUT2D eigenvalue weighted by Crippen LogP contribution is -2.42. The first kappa shape index (κ1) is 26.4. The number of carboxylic acid groups (broad SMARTS) is 1. The number of carbonyl (C=O) groups is 1. The molecule has 0 aromatic carbocycles. The molecule has 0 fully saturated rings. The monoisotopic (exact) mass is 383 g/mol. The molecule has 0 aromatic heterocycles. The number of rotatable bonds is 21. The number of carboxylic acids is 1. The number of unbranched alkanes of at least 4 members (excludes halogenated alkanes) is 13. The minimum atomic E-state index is -0.607. The Labute approximate surface area is 170 Å². The molecule has 0 radical (unpaired) electrons. The lowest BCUT2D eigenvalue weighted by Gasteiger charge is -2.29. The summed E-state index contributed by atoms with van der Waals surface area (Å²) in [4.78, 5) is 14.2. The van der Waals surface area contributed by atoms with Crippen LogP contribution in [-0.4, -0.2) is 35.1 Å². The Morgan fingerprint density at radius 1 is 0.630 bits per heavy atom. The summed E-state index contributed by atoms with van der Waals surface area (Å²) < 4.78 is 0. The number of hydrogen-bond acceptors (Lipinski definition) is 2. The molecule has 0 saturated carbocycles. The van der Waals surface area contributed by atoms with E-state index in [9.17, 15) is 9.90 Å². The van der Waals surface area contributed by atoms with E-state index in [1.165, 1.54) is 83.5 Å². The molecule has 0 heterocycles. The summed E-state index contributed by atoms with van der Waals surface area (Å²) in [5.41, 5.74) is 0. The van der Waals surface area contributed by atoms with Crippen molar-refractivity contribution in [1.82, 2.24) is 4.90 Å². The fourth-order valence-corrected chi connectivity index (χ4v) is 3.84. The van der Waals surface area contributed by atoms with Gasteiger partial charge in [0.25, 0.3) is 0 Å². The standard InChI is InChI=1S/C24H49NO2/c1-4-7-10-13-14-15-16-17-20-23(24(26)27)25(21-18-11-8-5-2)22-19-12-9-6-3/h23H,4-22H2,1-3H3,(H,26,27). The van der Waals surface area contributed by atoms with Crippen LogP contribution >= 0.6 is 0 Å². The predicted octanol–water partition coefficient (Wildman–Crippen LogP) is 7.43. The molecule has 1 unspecified atom stereocenters. The van der Waals surface area contributed by atoms with Gasteiger partial charge in [-0.2, -0.15) is 0 Å². The summed E-state index contributed by atoms with van der Waals surface area (Å²) in [6.45, 7) is 8.62. The van der Waals surface area contributed by atoms with Crippen molar-refractivity contribution in [3.05, 3.63) is 0 Å². The molecule has 27 heavy (non-hydrogen) atoms. The van der Waals surface area contributed by atoms with Gasteiger partial charge in [-0.1, -0.05) is 111 Å². The van der Waals surface area contributed by atoms with Gasteiger partial charge in [-0.05, 0) is 32.4 Å². The third kappa shape index (κ3) is 16.1. The third-order valence-corrected chi connectivity index (χ3v) is 5.65. The van der Waals surface area contributed by atoms with Crippen LogP contribution in [0.4, 0.5) is 0 Å². The lowest BCUT2D eigenvalue weighted by molar-refractivity contribution is -0.143. The van der Waals surface area contributed by atoms with Gasteiger partial charge in [-0.25, -0.2) is 0 Å². The zero-order chi connectivity index (χ0) is 20.2. The van der Waals surface area contributed by atoms with Crippen LogP contribution in [0.5, 0.6) is 0 Å². The van der Waals surface area contributed by atoms with Crippen molar-refractivity contribution in [1.29, 1.82) is 0 Å². The van der Waals surface area contributed by atoms with Crippen molar-refractivity contribution in [3.63, 3.8) is 0 Å². The number of nitrogens with zero attached hydrogens (tertiary/aromatic N) is 1. The average Bonchev–Trinajstić information content (AvgIpc) is 2.66. The smallest absolute Gasteiger partial charge is 0.320 e. The zero-order valence-corrected chi connectivity index (χ0v) is 18.8. The summed E-state index contributed by atoms with van der Waals surface area (Å²) in [6.07, 6.45) is 20.7. The Morgan fingerprint density at radius 3 is 1.41 bits per heavy atom. The van der Waals surface area contributed by atoms with Crippen molar-refractivity contribution < 1.29 is 9.90 Å². The van der Waals surface area contributed by atoms with Crippen LogP contribution in [0.3, 0.4) is 0 Å². The fourth-order valence-electron chi connectivity index (χ4n) is 3.84. The van der Waals surface area contributed by atoms with E-state index in [4.69, 9.17) is 0 Å². The molecule has 0 aliphatic carbocycles. The van der Waals surface area contributed by atoms with Crippen molar-refractivity contribution in [2.45, 2.75) is 136 Å². The maximum absolute atomic E-state index is 11.9. The quantitative estimate of drug-likeness (QED) is 0.209. The summed E-state index contributed by atoms with van der Waals surface area (Å²) >= 11 is 0. The molecule has 1 N–H and O–H groups in total. The Balaban J connectivity index is 4.28. The molecule has 162 valence electrons. The Kier molecular flexibility index (Phi) is 19.7. The molecule has 0 bridgehead atoms. The molecule has 0 amide bonds. The highest BCUT2D eigenvalue weighted by Crippen LogP contribution is 2.16. The van der Waals surface area contributed by atoms with Crippen molar-refractivity contribution in [3.8, 4) is 0 Å². The fraction of sp³-hybridized carbons (Fsp3) is 0.958. The van der Waals surface area contributed by atoms with Crippen molar-refractivity contribution in [2.75, 3.05) is 13.1 Å². The minimum absolute atomic E-state index is 0.270. The highest BCUT2D eigenvalue weighted by atomic mass is 16.4. The van der Waals surface area contributed by atoms with Gasteiger partial charge in [0.15, 0.2) is 0 Å². The molecule has 0 aliphatic heterocycles. The second-order valence-corrected chi connectivity index (χ2v) is 8.27. The Morgan fingerprint density at radius 2 is 1.00 bits per heavy atom. The maximum atomic E-state index is 11.9. The lowest BCUT2D eigenvalue weighted by atomic mass is 10.0. The topological polar surface area (TPSA) is 40.5 Å². The van der Waals surface area contributed by atoms with E-state index in [-0.39, 0.29) is 6.04 Å². The van der Waals surface area contributed by atoms with E-state index in [0.29, 0.717) is 0 Å². The van der Waals surface area contributed by atoms with E-state index in [1.807, 2.05) is 0 Å². The first-order valence-electron chi connectivity index (χ1n) is 12.1. The average molecular weight is 384 g/mol. The molecule has 3 heteroatoms. The number of hydrogen-bond donors (Lipinski definition) is 1. The van der Waals surface area contributed by atoms with Gasteiger partial charge in [-0.15, -0.1) is 0 Å². The zero-order valence-electron chi connectivity index (χ0n) is 18.8. The van der Waals surface area contributed by atoms with E-state index >= 15 is 0 Å². The molecule has 0 rings (SSSR count). The SMILES string of the molecule is CCCCCCCCCCC(C(=O)O)N(CCCCCC)CCCCCC. The molecular weight excluding hydrogens is 334 g/mol. The molecule has 3 nitrogen and oxygen atoms in total. The van der Waals surface area contributed by atoms with Crippen LogP contribution in [0.15, 0.2) is 0 Å². The molecule has 0 aromatic rings. The van der Waals surface area contributed by atoms with Crippen LogP contribution in [0.25, 0.3) is 0 Å². The highest BCUT2D eigenvalue weighted by molar-refractivity contribution is 5.73. The van der Waals surface area contributed by atoms with Gasteiger partial charge in [0, 0.05) is 0 Å². The predicted molar refractivity (Wildman–Crippen MR) is 119 cm³/mol. The van der Waals surface area contributed by atoms with Gasteiger partial charge in [0.05, 0.1) is 0 Å². The highest BCUT2D eigenvalue weighted by Gasteiger charge is 2.24.